The summed E-state index contributed by atoms with van der Waals surface area (Å²) in [7, 11) is 2.16. The number of rotatable bonds is 5. The predicted molar refractivity (Wildman–Crippen MR) is 94.3 cm³/mol. The number of nitrogens with zero attached hydrogens (tertiary/aromatic N) is 2. The Labute approximate surface area is 146 Å². The van der Waals surface area contributed by atoms with E-state index in [4.69, 9.17) is 0 Å². The summed E-state index contributed by atoms with van der Waals surface area (Å²) < 4.78 is 0. The molecule has 0 spiro atoms. The number of halogens is 3. The molecule has 1 unspecified atom stereocenters. The third-order valence-corrected chi connectivity index (χ3v) is 3.94. The van der Waals surface area contributed by atoms with Gasteiger partial charge in [0.05, 0.1) is 0 Å². The Hall–Kier alpha value is 0.220. The fourth-order valence-corrected chi connectivity index (χ4v) is 2.65. The van der Waals surface area contributed by atoms with Gasteiger partial charge in [0.1, 0.15) is 0 Å². The van der Waals surface area contributed by atoms with Crippen molar-refractivity contribution >= 4 is 43.1 Å². The average molecular weight is 364 g/mol. The van der Waals surface area contributed by atoms with E-state index >= 15 is 0 Å². The minimum atomic E-state index is 0. The van der Waals surface area contributed by atoms with Crippen LogP contribution in [-0.4, -0.2) is 74.6 Å². The van der Waals surface area contributed by atoms with Crippen LogP contribution in [0.25, 0.3) is 0 Å². The summed E-state index contributed by atoms with van der Waals surface area (Å²) in [6.07, 6.45) is 2.99. The summed E-state index contributed by atoms with van der Waals surface area (Å²) in [4.78, 5) is 16.5. The third-order valence-electron chi connectivity index (χ3n) is 3.94. The van der Waals surface area contributed by atoms with Crippen LogP contribution in [0.15, 0.2) is 0 Å². The summed E-state index contributed by atoms with van der Waals surface area (Å²) >= 11 is 0. The lowest BCUT2D eigenvalue weighted by Gasteiger charge is -2.32. The van der Waals surface area contributed by atoms with Crippen molar-refractivity contribution < 1.29 is 4.79 Å². The molecule has 0 bridgehead atoms. The molecule has 0 aromatic carbocycles. The first-order chi connectivity index (χ1) is 8.74. The molecule has 21 heavy (non-hydrogen) atoms. The van der Waals surface area contributed by atoms with E-state index < -0.39 is 0 Å². The van der Waals surface area contributed by atoms with Crippen molar-refractivity contribution in [2.75, 3.05) is 52.9 Å². The first kappa shape index (κ1) is 23.5. The Morgan fingerprint density at radius 1 is 1.19 bits per heavy atom. The van der Waals surface area contributed by atoms with Gasteiger partial charge in [-0.3, -0.25) is 9.69 Å². The zero-order chi connectivity index (χ0) is 12.8. The molecule has 1 amide bonds. The maximum Gasteiger partial charge on any atom is 0.221 e. The van der Waals surface area contributed by atoms with Crippen molar-refractivity contribution in [3.8, 4) is 0 Å². The molecule has 2 saturated heterocycles. The van der Waals surface area contributed by atoms with Gasteiger partial charge in [-0.15, -0.1) is 37.2 Å². The van der Waals surface area contributed by atoms with Gasteiger partial charge in [-0.05, 0) is 26.4 Å². The molecule has 2 aliphatic heterocycles. The first-order valence-corrected chi connectivity index (χ1v) is 7.15. The number of hydrogen-bond donors (Lipinski definition) is 2. The van der Waals surface area contributed by atoms with Gasteiger partial charge in [0, 0.05) is 51.7 Å². The number of likely N-dealkylation sites (N-methyl/N-ethyl adjacent to an activating group) is 1. The standard InChI is InChI=1S/C13H26N4O.3ClH/c1-16-7-9-17(10-8-16)6-5-15-13(18)11-12-3-2-4-14-12;;;/h12,14H,2-11H2,1H3,(H,15,18);3*1H. The first-order valence-electron chi connectivity index (χ1n) is 7.15. The molecular formula is C13H29Cl3N4O. The number of carbonyl (C=O) groups excluding carboxylic acids is 1. The van der Waals surface area contributed by atoms with Gasteiger partial charge < -0.3 is 15.5 Å². The van der Waals surface area contributed by atoms with Gasteiger partial charge in [-0.25, -0.2) is 0 Å². The molecule has 2 rings (SSSR count). The van der Waals surface area contributed by atoms with E-state index in [1.54, 1.807) is 0 Å². The zero-order valence-corrected chi connectivity index (χ0v) is 15.1. The van der Waals surface area contributed by atoms with Crippen molar-refractivity contribution in [3.63, 3.8) is 0 Å². The van der Waals surface area contributed by atoms with Crippen LogP contribution in [-0.2, 0) is 4.79 Å². The van der Waals surface area contributed by atoms with Gasteiger partial charge in [0.15, 0.2) is 0 Å². The Bertz CT molecular complexity index is 270. The Morgan fingerprint density at radius 2 is 1.86 bits per heavy atom. The SMILES string of the molecule is CN1CCN(CCNC(=O)CC2CCCN2)CC1.Cl.Cl.Cl. The fraction of sp³-hybridized carbons (Fsp3) is 0.923. The highest BCUT2D eigenvalue weighted by Gasteiger charge is 2.18. The number of hydrogen-bond acceptors (Lipinski definition) is 4. The summed E-state index contributed by atoms with van der Waals surface area (Å²) in [6.45, 7) is 7.36. The molecule has 0 saturated carbocycles. The van der Waals surface area contributed by atoms with Crippen LogP contribution in [0, 0.1) is 0 Å². The number of piperazine rings is 1. The molecular weight excluding hydrogens is 335 g/mol. The largest absolute Gasteiger partial charge is 0.355 e. The lowest BCUT2D eigenvalue weighted by molar-refractivity contribution is -0.121. The summed E-state index contributed by atoms with van der Waals surface area (Å²) in [5, 5.41) is 6.39. The van der Waals surface area contributed by atoms with Crippen molar-refractivity contribution in [3.05, 3.63) is 0 Å². The summed E-state index contributed by atoms with van der Waals surface area (Å²) in [5.74, 6) is 0.198. The van der Waals surface area contributed by atoms with Gasteiger partial charge in [-0.2, -0.15) is 0 Å². The average Bonchev–Trinajstić information content (AvgIpc) is 2.84. The molecule has 1 atom stereocenters. The van der Waals surface area contributed by atoms with Crippen molar-refractivity contribution in [1.29, 1.82) is 0 Å². The second-order valence-corrected chi connectivity index (χ2v) is 5.49. The second-order valence-electron chi connectivity index (χ2n) is 5.49. The maximum absolute atomic E-state index is 11.7. The van der Waals surface area contributed by atoms with Crippen LogP contribution in [0.3, 0.4) is 0 Å². The van der Waals surface area contributed by atoms with Crippen LogP contribution >= 0.6 is 37.2 Å². The van der Waals surface area contributed by atoms with Gasteiger partial charge >= 0.3 is 0 Å². The highest BCUT2D eigenvalue weighted by atomic mass is 35.5. The molecule has 0 aliphatic carbocycles. The van der Waals surface area contributed by atoms with E-state index in [9.17, 15) is 4.79 Å². The van der Waals surface area contributed by atoms with E-state index in [0.29, 0.717) is 12.5 Å². The quantitative estimate of drug-likeness (QED) is 0.757. The topological polar surface area (TPSA) is 47.6 Å². The molecule has 128 valence electrons. The molecule has 2 N–H and O–H groups in total. The molecule has 2 heterocycles. The predicted octanol–water partition coefficient (Wildman–Crippen LogP) is 0.757. The maximum atomic E-state index is 11.7. The molecule has 2 fully saturated rings. The fourth-order valence-electron chi connectivity index (χ4n) is 2.65. The van der Waals surface area contributed by atoms with Crippen LogP contribution in [0.2, 0.25) is 0 Å². The van der Waals surface area contributed by atoms with E-state index in [-0.39, 0.29) is 43.1 Å². The van der Waals surface area contributed by atoms with Crippen LogP contribution in [0.1, 0.15) is 19.3 Å². The van der Waals surface area contributed by atoms with E-state index in [1.165, 1.54) is 6.42 Å². The minimum Gasteiger partial charge on any atom is -0.355 e. The van der Waals surface area contributed by atoms with Gasteiger partial charge in [-0.1, -0.05) is 0 Å². The Morgan fingerprint density at radius 3 is 2.43 bits per heavy atom. The lowest BCUT2D eigenvalue weighted by Crippen LogP contribution is -2.47. The van der Waals surface area contributed by atoms with Crippen molar-refractivity contribution in [2.24, 2.45) is 0 Å². The summed E-state index contributed by atoms with van der Waals surface area (Å²) in [6, 6.07) is 0.411. The second kappa shape index (κ2) is 12.7. The highest BCUT2D eigenvalue weighted by Crippen LogP contribution is 2.08. The lowest BCUT2D eigenvalue weighted by atomic mass is 10.1. The third kappa shape index (κ3) is 9.06. The molecule has 0 radical (unpaired) electrons. The summed E-state index contributed by atoms with van der Waals surface area (Å²) in [5.41, 5.74) is 0. The molecule has 2 aliphatic rings. The zero-order valence-electron chi connectivity index (χ0n) is 12.7. The van der Waals surface area contributed by atoms with E-state index in [2.05, 4.69) is 27.5 Å². The smallest absolute Gasteiger partial charge is 0.221 e. The van der Waals surface area contributed by atoms with Crippen LogP contribution < -0.4 is 10.6 Å². The normalized spacial score (nSPS) is 22.6. The van der Waals surface area contributed by atoms with Crippen molar-refractivity contribution in [2.45, 2.75) is 25.3 Å². The Balaban J connectivity index is 0. The number of amides is 1. The number of nitrogens with one attached hydrogen (secondary N) is 2. The van der Waals surface area contributed by atoms with Gasteiger partial charge in [0.25, 0.3) is 0 Å². The Kier molecular flexibility index (Phi) is 14.2. The van der Waals surface area contributed by atoms with E-state index in [0.717, 1.165) is 52.2 Å². The van der Waals surface area contributed by atoms with Crippen LogP contribution in [0.4, 0.5) is 0 Å². The molecule has 0 aromatic heterocycles. The monoisotopic (exact) mass is 362 g/mol. The molecule has 0 aromatic rings. The van der Waals surface area contributed by atoms with Gasteiger partial charge in [0.2, 0.25) is 5.91 Å². The minimum absolute atomic E-state index is 0. The molecule has 5 nitrogen and oxygen atoms in total. The van der Waals surface area contributed by atoms with Crippen LogP contribution in [0.5, 0.6) is 0 Å². The van der Waals surface area contributed by atoms with Crippen molar-refractivity contribution in [1.82, 2.24) is 20.4 Å². The molecule has 8 heteroatoms. The van der Waals surface area contributed by atoms with E-state index in [1.807, 2.05) is 0 Å². The number of carbonyl (C=O) groups is 1. The highest BCUT2D eigenvalue weighted by molar-refractivity contribution is 5.86.